The first-order valence-electron chi connectivity index (χ1n) is 7.72. The lowest BCUT2D eigenvalue weighted by Crippen LogP contribution is -2.47. The fourth-order valence-electron chi connectivity index (χ4n) is 2.58. The van der Waals surface area contributed by atoms with E-state index in [9.17, 15) is 23.1 Å². The van der Waals surface area contributed by atoms with Crippen LogP contribution in [0.15, 0.2) is 24.3 Å². The minimum atomic E-state index is -3.80. The molecule has 25 heavy (non-hydrogen) atoms. The van der Waals surface area contributed by atoms with Gasteiger partial charge in [-0.1, -0.05) is 0 Å². The van der Waals surface area contributed by atoms with Gasteiger partial charge in [0.05, 0.1) is 13.2 Å². The number of carbonyl (C=O) groups is 2. The average Bonchev–Trinajstić information content (AvgIpc) is 2.87. The number of hydrogen-bond donors (Lipinski definition) is 1. The Labute approximate surface area is 146 Å². The number of nitrogens with zero attached hydrogens (tertiary/aromatic N) is 1. The van der Waals surface area contributed by atoms with E-state index in [1.165, 1.54) is 24.0 Å². The molecule has 1 aliphatic heterocycles. The first-order chi connectivity index (χ1) is 11.6. The molecule has 1 aliphatic rings. The minimum Gasteiger partial charge on any atom is -0.508 e. The van der Waals surface area contributed by atoms with Crippen LogP contribution in [0.5, 0.6) is 5.75 Å². The molecule has 2 rings (SSSR count). The molecule has 1 fully saturated rings. The molecule has 0 spiro atoms. The fraction of sp³-hybridized carbons (Fsp3) is 0.500. The van der Waals surface area contributed by atoms with Crippen molar-refractivity contribution in [2.24, 2.45) is 0 Å². The molecule has 0 aliphatic carbocycles. The van der Waals surface area contributed by atoms with Gasteiger partial charge < -0.3 is 14.6 Å². The summed E-state index contributed by atoms with van der Waals surface area (Å²) < 4.78 is 32.6. The van der Waals surface area contributed by atoms with Crippen molar-refractivity contribution >= 4 is 27.6 Å². The smallest absolute Gasteiger partial charge is 0.414 e. The van der Waals surface area contributed by atoms with Crippen LogP contribution >= 0.6 is 0 Å². The van der Waals surface area contributed by atoms with E-state index < -0.39 is 32.8 Å². The Morgan fingerprint density at radius 2 is 2.00 bits per heavy atom. The maximum absolute atomic E-state index is 12.2. The fourth-order valence-corrected chi connectivity index (χ4v) is 3.43. The van der Waals surface area contributed by atoms with E-state index >= 15 is 0 Å². The van der Waals surface area contributed by atoms with E-state index in [2.05, 4.69) is 0 Å². The van der Waals surface area contributed by atoms with Crippen LogP contribution < -0.4 is 4.90 Å². The van der Waals surface area contributed by atoms with Gasteiger partial charge in [0.25, 0.3) is 0 Å². The molecule has 0 radical (unpaired) electrons. The molecule has 8 nitrogen and oxygen atoms in total. The SMILES string of the molecule is CCOC(=O)C(C)(CC1CN(c2ccc(O)cc2)C(=O)O1)S(C)(=O)=O. The molecule has 1 aromatic carbocycles. The highest BCUT2D eigenvalue weighted by Gasteiger charge is 2.49. The summed E-state index contributed by atoms with van der Waals surface area (Å²) in [5.74, 6) is -0.809. The summed E-state index contributed by atoms with van der Waals surface area (Å²) in [5, 5.41) is 9.32. The van der Waals surface area contributed by atoms with Crippen molar-refractivity contribution in [3.05, 3.63) is 24.3 Å². The van der Waals surface area contributed by atoms with E-state index in [0.29, 0.717) is 5.69 Å². The number of rotatable bonds is 6. The van der Waals surface area contributed by atoms with Crippen molar-refractivity contribution < 1.29 is 32.6 Å². The Kier molecular flexibility index (Phi) is 5.26. The average molecular weight is 371 g/mol. The van der Waals surface area contributed by atoms with Gasteiger partial charge in [0.2, 0.25) is 0 Å². The van der Waals surface area contributed by atoms with E-state index in [1.54, 1.807) is 19.1 Å². The maximum Gasteiger partial charge on any atom is 0.414 e. The molecule has 0 aromatic heterocycles. The first-order valence-corrected chi connectivity index (χ1v) is 9.61. The lowest BCUT2D eigenvalue weighted by Gasteiger charge is -2.27. The Bertz CT molecular complexity index is 759. The van der Waals surface area contributed by atoms with Crippen molar-refractivity contribution in [3.63, 3.8) is 0 Å². The molecule has 1 amide bonds. The molecule has 1 saturated heterocycles. The van der Waals surface area contributed by atoms with Crippen LogP contribution in [0.1, 0.15) is 20.3 Å². The molecule has 0 bridgehead atoms. The maximum atomic E-state index is 12.2. The molecular formula is C16H21NO7S. The van der Waals surface area contributed by atoms with Crippen LogP contribution in [0.3, 0.4) is 0 Å². The molecule has 2 unspecified atom stereocenters. The van der Waals surface area contributed by atoms with Gasteiger partial charge in [0, 0.05) is 18.4 Å². The molecule has 2 atom stereocenters. The number of carbonyl (C=O) groups excluding carboxylic acids is 2. The Morgan fingerprint density at radius 1 is 1.40 bits per heavy atom. The molecule has 0 saturated carbocycles. The largest absolute Gasteiger partial charge is 0.508 e. The van der Waals surface area contributed by atoms with Gasteiger partial charge in [-0.3, -0.25) is 9.69 Å². The van der Waals surface area contributed by atoms with E-state index in [1.807, 2.05) is 0 Å². The number of hydrogen-bond acceptors (Lipinski definition) is 7. The van der Waals surface area contributed by atoms with Crippen molar-refractivity contribution in [1.82, 2.24) is 0 Å². The number of cyclic esters (lactones) is 1. The summed E-state index contributed by atoms with van der Waals surface area (Å²) in [4.78, 5) is 25.6. The zero-order valence-electron chi connectivity index (χ0n) is 14.3. The number of sulfone groups is 1. The predicted molar refractivity (Wildman–Crippen MR) is 90.2 cm³/mol. The highest BCUT2D eigenvalue weighted by atomic mass is 32.2. The van der Waals surface area contributed by atoms with Crippen LogP contribution in [0.4, 0.5) is 10.5 Å². The number of ether oxygens (including phenoxy) is 2. The highest BCUT2D eigenvalue weighted by molar-refractivity contribution is 7.92. The zero-order chi connectivity index (χ0) is 18.8. The van der Waals surface area contributed by atoms with Crippen LogP contribution in [-0.4, -0.2) is 55.8 Å². The van der Waals surface area contributed by atoms with Crippen molar-refractivity contribution in [2.75, 3.05) is 24.3 Å². The van der Waals surface area contributed by atoms with Gasteiger partial charge in [-0.2, -0.15) is 0 Å². The van der Waals surface area contributed by atoms with Crippen molar-refractivity contribution in [3.8, 4) is 5.75 Å². The van der Waals surface area contributed by atoms with E-state index in [0.717, 1.165) is 6.26 Å². The highest BCUT2D eigenvalue weighted by Crippen LogP contribution is 2.31. The number of phenols is 1. The zero-order valence-corrected chi connectivity index (χ0v) is 15.1. The Hall–Kier alpha value is -2.29. The number of phenolic OH excluding ortho intramolecular Hbond substituents is 1. The third kappa shape index (κ3) is 3.87. The monoisotopic (exact) mass is 371 g/mol. The van der Waals surface area contributed by atoms with Crippen molar-refractivity contribution in [1.29, 1.82) is 0 Å². The predicted octanol–water partition coefficient (Wildman–Crippen LogP) is 1.47. The molecule has 1 N–H and O–H groups in total. The number of benzene rings is 1. The molecule has 138 valence electrons. The van der Waals surface area contributed by atoms with Crippen LogP contribution in [-0.2, 0) is 24.1 Å². The quantitative estimate of drug-likeness (QED) is 0.754. The Balaban J connectivity index is 2.20. The third-order valence-corrected chi connectivity index (χ3v) is 6.15. The lowest BCUT2D eigenvalue weighted by atomic mass is 10.0. The van der Waals surface area contributed by atoms with Gasteiger partial charge in [-0.15, -0.1) is 0 Å². The van der Waals surface area contributed by atoms with Crippen LogP contribution in [0.2, 0.25) is 0 Å². The number of anilines is 1. The standard InChI is InChI=1S/C16H21NO7S/c1-4-23-14(19)16(2,25(3,21)22)9-13-10-17(15(20)24-13)11-5-7-12(18)8-6-11/h5-8,13,18H,4,9-10H2,1-3H3. The van der Waals surface area contributed by atoms with Gasteiger partial charge in [0.1, 0.15) is 11.9 Å². The third-order valence-electron chi connectivity index (χ3n) is 4.18. The topological polar surface area (TPSA) is 110 Å². The first kappa shape index (κ1) is 19.0. The molecule has 1 aromatic rings. The summed E-state index contributed by atoms with van der Waals surface area (Å²) in [7, 11) is -3.80. The summed E-state index contributed by atoms with van der Waals surface area (Å²) >= 11 is 0. The summed E-state index contributed by atoms with van der Waals surface area (Å²) in [6.07, 6.45) is -0.676. The van der Waals surface area contributed by atoms with Gasteiger partial charge in [-0.05, 0) is 38.1 Å². The second kappa shape index (κ2) is 6.91. The lowest BCUT2D eigenvalue weighted by molar-refractivity contribution is -0.146. The molecular weight excluding hydrogens is 350 g/mol. The normalized spacial score (nSPS) is 20.0. The summed E-state index contributed by atoms with van der Waals surface area (Å²) in [6, 6.07) is 5.94. The van der Waals surface area contributed by atoms with Gasteiger partial charge >= 0.3 is 12.1 Å². The second-order valence-electron chi connectivity index (χ2n) is 6.06. The summed E-state index contributed by atoms with van der Waals surface area (Å²) in [5.41, 5.74) is 0.502. The van der Waals surface area contributed by atoms with Crippen LogP contribution in [0, 0.1) is 0 Å². The number of esters is 1. The summed E-state index contributed by atoms with van der Waals surface area (Å²) in [6.45, 7) is 3.00. The Morgan fingerprint density at radius 3 is 2.52 bits per heavy atom. The number of aromatic hydroxyl groups is 1. The van der Waals surface area contributed by atoms with E-state index in [-0.39, 0.29) is 25.3 Å². The van der Waals surface area contributed by atoms with Gasteiger partial charge in [-0.25, -0.2) is 13.2 Å². The molecule has 1 heterocycles. The molecule has 9 heteroatoms. The second-order valence-corrected chi connectivity index (χ2v) is 8.51. The van der Waals surface area contributed by atoms with Crippen LogP contribution in [0.25, 0.3) is 0 Å². The van der Waals surface area contributed by atoms with Crippen molar-refractivity contribution in [2.45, 2.75) is 31.1 Å². The minimum absolute atomic E-state index is 0.0496. The van der Waals surface area contributed by atoms with Gasteiger partial charge in [0.15, 0.2) is 14.6 Å². The number of amides is 1. The van der Waals surface area contributed by atoms with E-state index in [4.69, 9.17) is 9.47 Å².